The Balaban J connectivity index is 2.12. The molecule has 90 valence electrons. The molecule has 1 aromatic rings. The van der Waals surface area contributed by atoms with Crippen LogP contribution in [0.25, 0.3) is 0 Å². The largest absolute Gasteiger partial charge is 0.381 e. The summed E-state index contributed by atoms with van der Waals surface area (Å²) in [4.78, 5) is 4.39. The van der Waals surface area contributed by atoms with Gasteiger partial charge in [0.2, 0.25) is 5.89 Å². The monoisotopic (exact) mass is 225 g/mol. The molecule has 1 saturated heterocycles. The lowest BCUT2D eigenvalue weighted by molar-refractivity contribution is 0.0773. The third-order valence-corrected chi connectivity index (χ3v) is 3.19. The molecule has 16 heavy (non-hydrogen) atoms. The highest BCUT2D eigenvalue weighted by molar-refractivity contribution is 5.03. The van der Waals surface area contributed by atoms with E-state index in [-0.39, 0.29) is 5.92 Å². The van der Waals surface area contributed by atoms with Crippen molar-refractivity contribution in [1.29, 1.82) is 0 Å². The fourth-order valence-corrected chi connectivity index (χ4v) is 1.73. The van der Waals surface area contributed by atoms with E-state index < -0.39 is 5.54 Å². The summed E-state index contributed by atoms with van der Waals surface area (Å²) in [5.41, 5.74) is 5.53. The molecule has 2 heterocycles. The highest BCUT2D eigenvalue weighted by atomic mass is 16.5. The number of rotatable bonds is 3. The Hall–Kier alpha value is -0.940. The predicted octanol–water partition coefficient (Wildman–Crippen LogP) is 1.55. The van der Waals surface area contributed by atoms with Crippen molar-refractivity contribution in [3.63, 3.8) is 0 Å². The molecule has 2 unspecified atom stereocenters. The van der Waals surface area contributed by atoms with Crippen molar-refractivity contribution in [3.8, 4) is 0 Å². The van der Waals surface area contributed by atoms with Gasteiger partial charge in [-0.1, -0.05) is 12.1 Å². The number of nitrogens with zero attached hydrogens (tertiary/aromatic N) is 2. The van der Waals surface area contributed by atoms with E-state index in [4.69, 9.17) is 15.0 Å². The molecule has 1 aliphatic heterocycles. The quantitative estimate of drug-likeness (QED) is 0.844. The van der Waals surface area contributed by atoms with Gasteiger partial charge in [0, 0.05) is 12.5 Å². The maximum absolute atomic E-state index is 6.05. The van der Waals surface area contributed by atoms with Crippen LogP contribution in [-0.4, -0.2) is 23.4 Å². The smallest absolute Gasteiger partial charge is 0.246 e. The molecule has 0 aromatic carbocycles. The summed E-state index contributed by atoms with van der Waals surface area (Å²) in [5.74, 6) is 1.52. The van der Waals surface area contributed by atoms with Gasteiger partial charge in [-0.25, -0.2) is 0 Å². The van der Waals surface area contributed by atoms with E-state index in [1.54, 1.807) is 0 Å². The van der Waals surface area contributed by atoms with E-state index in [9.17, 15) is 0 Å². The topological polar surface area (TPSA) is 74.2 Å². The van der Waals surface area contributed by atoms with Gasteiger partial charge in [0.05, 0.1) is 12.1 Å². The number of hydrogen-bond donors (Lipinski definition) is 1. The number of ether oxygens (including phenoxy) is 1. The maximum atomic E-state index is 6.05. The molecule has 0 amide bonds. The summed E-state index contributed by atoms with van der Waals surface area (Å²) >= 11 is 0. The summed E-state index contributed by atoms with van der Waals surface area (Å²) in [6, 6.07) is 0. The van der Waals surface area contributed by atoms with Gasteiger partial charge >= 0.3 is 0 Å². The fraction of sp³-hybridized carbons (Fsp3) is 0.818. The van der Waals surface area contributed by atoms with E-state index in [1.165, 1.54) is 0 Å². The molecule has 5 heteroatoms. The molecule has 1 fully saturated rings. The second-order valence-corrected chi connectivity index (χ2v) is 4.64. The zero-order valence-electron chi connectivity index (χ0n) is 9.90. The van der Waals surface area contributed by atoms with E-state index in [1.807, 2.05) is 13.8 Å². The van der Waals surface area contributed by atoms with Gasteiger partial charge in [-0.3, -0.25) is 0 Å². The molecule has 0 spiro atoms. The normalized spacial score (nSPS) is 25.3. The Morgan fingerprint density at radius 3 is 3.00 bits per heavy atom. The van der Waals surface area contributed by atoms with Crippen molar-refractivity contribution in [2.75, 3.05) is 13.2 Å². The van der Waals surface area contributed by atoms with Crippen LogP contribution < -0.4 is 5.73 Å². The van der Waals surface area contributed by atoms with Gasteiger partial charge in [-0.2, -0.15) is 4.98 Å². The summed E-state index contributed by atoms with van der Waals surface area (Å²) < 4.78 is 10.6. The first-order valence-electron chi connectivity index (χ1n) is 5.84. The highest BCUT2D eigenvalue weighted by Crippen LogP contribution is 2.26. The van der Waals surface area contributed by atoms with Crippen LogP contribution in [0.3, 0.4) is 0 Å². The van der Waals surface area contributed by atoms with E-state index in [2.05, 4.69) is 10.1 Å². The van der Waals surface area contributed by atoms with Crippen LogP contribution in [0, 0.1) is 0 Å². The lowest BCUT2D eigenvalue weighted by Gasteiger charge is -2.19. The lowest BCUT2D eigenvalue weighted by Crippen LogP contribution is -2.32. The van der Waals surface area contributed by atoms with Crippen molar-refractivity contribution >= 4 is 0 Å². The molecule has 5 nitrogen and oxygen atoms in total. The van der Waals surface area contributed by atoms with Crippen molar-refractivity contribution in [2.24, 2.45) is 5.73 Å². The SMILES string of the molecule is CCC(C)(N)c1nc(C2CCCOC2)no1. The maximum Gasteiger partial charge on any atom is 0.246 e. The fourth-order valence-electron chi connectivity index (χ4n) is 1.73. The average molecular weight is 225 g/mol. The third-order valence-electron chi connectivity index (χ3n) is 3.19. The molecule has 0 saturated carbocycles. The van der Waals surface area contributed by atoms with Gasteiger partial charge < -0.3 is 15.0 Å². The summed E-state index contributed by atoms with van der Waals surface area (Å²) in [6.45, 7) is 5.44. The number of aromatic nitrogens is 2. The van der Waals surface area contributed by atoms with E-state index in [0.29, 0.717) is 12.5 Å². The van der Waals surface area contributed by atoms with Crippen molar-refractivity contribution in [1.82, 2.24) is 10.1 Å². The van der Waals surface area contributed by atoms with Crippen LogP contribution in [0.1, 0.15) is 50.7 Å². The standard InChI is InChI=1S/C11H19N3O2/c1-3-11(2,12)10-13-9(14-16-10)8-5-4-6-15-7-8/h8H,3-7,12H2,1-2H3. The molecule has 2 rings (SSSR count). The van der Waals surface area contributed by atoms with Gasteiger partial charge in [0.1, 0.15) is 0 Å². The second-order valence-electron chi connectivity index (χ2n) is 4.64. The Bertz CT molecular complexity index is 343. The first kappa shape index (κ1) is 11.5. The Morgan fingerprint density at radius 2 is 2.38 bits per heavy atom. The second kappa shape index (κ2) is 4.51. The van der Waals surface area contributed by atoms with E-state index in [0.717, 1.165) is 31.7 Å². The Morgan fingerprint density at radius 1 is 1.56 bits per heavy atom. The molecule has 0 radical (unpaired) electrons. The Kier molecular flexibility index (Phi) is 3.25. The average Bonchev–Trinajstić information content (AvgIpc) is 2.80. The zero-order chi connectivity index (χ0) is 11.6. The highest BCUT2D eigenvalue weighted by Gasteiger charge is 2.28. The molecule has 2 N–H and O–H groups in total. The van der Waals surface area contributed by atoms with Crippen molar-refractivity contribution < 1.29 is 9.26 Å². The van der Waals surface area contributed by atoms with Gasteiger partial charge in [0.25, 0.3) is 0 Å². The molecule has 1 aliphatic rings. The molecule has 0 aliphatic carbocycles. The first-order chi connectivity index (χ1) is 7.63. The number of nitrogens with two attached hydrogens (primary N) is 1. The summed E-state index contributed by atoms with van der Waals surface area (Å²) in [7, 11) is 0. The minimum absolute atomic E-state index is 0.263. The molecule has 1 aromatic heterocycles. The minimum Gasteiger partial charge on any atom is -0.381 e. The number of hydrogen-bond acceptors (Lipinski definition) is 5. The lowest BCUT2D eigenvalue weighted by atomic mass is 10.00. The van der Waals surface area contributed by atoms with Crippen LogP contribution in [0.4, 0.5) is 0 Å². The first-order valence-corrected chi connectivity index (χ1v) is 5.84. The third kappa shape index (κ3) is 2.25. The van der Waals surface area contributed by atoms with Gasteiger partial charge in [-0.05, 0) is 26.2 Å². The molecular formula is C11H19N3O2. The van der Waals surface area contributed by atoms with Crippen LogP contribution in [-0.2, 0) is 10.3 Å². The van der Waals surface area contributed by atoms with Crippen LogP contribution in [0.15, 0.2) is 4.52 Å². The van der Waals surface area contributed by atoms with Gasteiger partial charge in [0.15, 0.2) is 5.82 Å². The molecular weight excluding hydrogens is 206 g/mol. The van der Waals surface area contributed by atoms with Crippen LogP contribution in [0.5, 0.6) is 0 Å². The summed E-state index contributed by atoms with van der Waals surface area (Å²) in [5, 5.41) is 4.01. The molecule has 0 bridgehead atoms. The molecule has 2 atom stereocenters. The van der Waals surface area contributed by atoms with Crippen molar-refractivity contribution in [2.45, 2.75) is 44.6 Å². The van der Waals surface area contributed by atoms with Gasteiger partial charge in [-0.15, -0.1) is 0 Å². The zero-order valence-corrected chi connectivity index (χ0v) is 9.90. The Labute approximate surface area is 95.3 Å². The summed E-state index contributed by atoms with van der Waals surface area (Å²) in [6.07, 6.45) is 2.89. The van der Waals surface area contributed by atoms with Crippen molar-refractivity contribution in [3.05, 3.63) is 11.7 Å². The van der Waals surface area contributed by atoms with Crippen LogP contribution in [0.2, 0.25) is 0 Å². The minimum atomic E-state index is -0.527. The van der Waals surface area contributed by atoms with E-state index >= 15 is 0 Å². The van der Waals surface area contributed by atoms with Crippen LogP contribution >= 0.6 is 0 Å². The predicted molar refractivity (Wildman–Crippen MR) is 58.9 cm³/mol.